The number of aldehydes is 1. The quantitative estimate of drug-likeness (QED) is 0.471. The van der Waals surface area contributed by atoms with Crippen LogP contribution >= 0.6 is 11.8 Å². The predicted octanol–water partition coefficient (Wildman–Crippen LogP) is 5.39. The summed E-state index contributed by atoms with van der Waals surface area (Å²) in [5, 5.41) is 19.9. The lowest BCUT2D eigenvalue weighted by Gasteiger charge is -2.24. The Kier molecular flexibility index (Phi) is 7.04. The van der Waals surface area contributed by atoms with Crippen LogP contribution in [0.25, 0.3) is 0 Å². The normalized spacial score (nSPS) is 16.1. The standard InChI is InChI=1S/C25H30O4S/c1-24(2,29)21-9-4-3-7-19(21)10-11-22(20-8-5-6-18(14-20)16-26)30-17-25(12-13-25)15-23(27)28/h3-9,14,16,22,29H,10-13,15,17H2,1-2H3,(H,27,28). The first-order chi connectivity index (χ1) is 14.2. The lowest BCUT2D eigenvalue weighted by Crippen LogP contribution is -2.18. The van der Waals surface area contributed by atoms with E-state index in [-0.39, 0.29) is 17.1 Å². The maximum Gasteiger partial charge on any atom is 0.303 e. The molecule has 2 aromatic carbocycles. The molecule has 2 aromatic rings. The molecule has 1 aliphatic rings. The molecule has 0 amide bonds. The van der Waals surface area contributed by atoms with Gasteiger partial charge in [-0.1, -0.05) is 42.5 Å². The van der Waals surface area contributed by atoms with Crippen molar-refractivity contribution in [3.63, 3.8) is 0 Å². The number of carboxylic acid groups (broad SMARTS) is 1. The van der Waals surface area contributed by atoms with E-state index in [1.807, 2.05) is 36.4 Å². The van der Waals surface area contributed by atoms with Gasteiger partial charge in [0.05, 0.1) is 12.0 Å². The molecule has 0 heterocycles. The summed E-state index contributed by atoms with van der Waals surface area (Å²) in [4.78, 5) is 22.5. The van der Waals surface area contributed by atoms with Crippen LogP contribution in [0.5, 0.6) is 0 Å². The molecule has 3 rings (SSSR count). The Morgan fingerprint density at radius 2 is 1.93 bits per heavy atom. The van der Waals surface area contributed by atoms with E-state index >= 15 is 0 Å². The number of carbonyl (C=O) groups is 2. The van der Waals surface area contributed by atoms with E-state index in [0.717, 1.165) is 54.4 Å². The summed E-state index contributed by atoms with van der Waals surface area (Å²) >= 11 is 1.80. The fourth-order valence-electron chi connectivity index (χ4n) is 3.95. The van der Waals surface area contributed by atoms with Crippen LogP contribution in [0.15, 0.2) is 48.5 Å². The number of aryl methyl sites for hydroxylation is 1. The van der Waals surface area contributed by atoms with Gasteiger partial charge in [-0.3, -0.25) is 9.59 Å². The van der Waals surface area contributed by atoms with Crippen LogP contribution in [-0.2, 0) is 16.8 Å². The van der Waals surface area contributed by atoms with Gasteiger partial charge in [-0.15, -0.1) is 0 Å². The number of thioether (sulfide) groups is 1. The number of rotatable bonds is 11. The van der Waals surface area contributed by atoms with Crippen molar-refractivity contribution >= 4 is 24.0 Å². The van der Waals surface area contributed by atoms with Crippen molar-refractivity contribution in [2.24, 2.45) is 5.41 Å². The lowest BCUT2D eigenvalue weighted by molar-refractivity contribution is -0.138. The second-order valence-electron chi connectivity index (χ2n) is 8.91. The molecule has 2 N–H and O–H groups in total. The molecule has 1 saturated carbocycles. The second kappa shape index (κ2) is 9.36. The van der Waals surface area contributed by atoms with E-state index in [1.165, 1.54) is 0 Å². The highest BCUT2D eigenvalue weighted by atomic mass is 32.2. The van der Waals surface area contributed by atoms with Crippen molar-refractivity contribution in [1.29, 1.82) is 0 Å². The van der Waals surface area contributed by atoms with Gasteiger partial charge in [0.15, 0.2) is 0 Å². The second-order valence-corrected chi connectivity index (χ2v) is 10.1. The Balaban J connectivity index is 1.78. The average molecular weight is 427 g/mol. The minimum absolute atomic E-state index is 0.0813. The van der Waals surface area contributed by atoms with Crippen molar-refractivity contribution < 1.29 is 19.8 Å². The number of carbonyl (C=O) groups excluding carboxylic acids is 1. The Morgan fingerprint density at radius 1 is 1.20 bits per heavy atom. The Morgan fingerprint density at radius 3 is 2.57 bits per heavy atom. The van der Waals surface area contributed by atoms with Crippen LogP contribution in [0.4, 0.5) is 0 Å². The molecule has 160 valence electrons. The molecule has 0 saturated heterocycles. The molecule has 1 fully saturated rings. The molecular weight excluding hydrogens is 396 g/mol. The van der Waals surface area contributed by atoms with Crippen LogP contribution in [0.2, 0.25) is 0 Å². The van der Waals surface area contributed by atoms with E-state index in [0.29, 0.717) is 5.56 Å². The van der Waals surface area contributed by atoms with E-state index in [4.69, 9.17) is 0 Å². The van der Waals surface area contributed by atoms with Crippen LogP contribution in [-0.4, -0.2) is 28.2 Å². The minimum atomic E-state index is -0.907. The zero-order chi connectivity index (χ0) is 21.8. The minimum Gasteiger partial charge on any atom is -0.481 e. The number of carboxylic acids is 1. The van der Waals surface area contributed by atoms with Crippen molar-refractivity contribution in [1.82, 2.24) is 0 Å². The summed E-state index contributed by atoms with van der Waals surface area (Å²) in [5.41, 5.74) is 2.81. The molecule has 30 heavy (non-hydrogen) atoms. The smallest absolute Gasteiger partial charge is 0.303 e. The number of aliphatic hydroxyl groups is 1. The Labute approximate surface area is 182 Å². The summed E-state index contributed by atoms with van der Waals surface area (Å²) in [6.07, 6.45) is 4.67. The van der Waals surface area contributed by atoms with Gasteiger partial charge in [-0.2, -0.15) is 11.8 Å². The molecule has 0 radical (unpaired) electrons. The predicted molar refractivity (Wildman–Crippen MR) is 121 cm³/mol. The van der Waals surface area contributed by atoms with Gasteiger partial charge in [0.1, 0.15) is 6.29 Å². The highest BCUT2D eigenvalue weighted by Crippen LogP contribution is 2.53. The summed E-state index contributed by atoms with van der Waals surface area (Å²) in [5.74, 6) is 0.0781. The van der Waals surface area contributed by atoms with Crippen LogP contribution in [0.3, 0.4) is 0 Å². The zero-order valence-corrected chi connectivity index (χ0v) is 18.5. The number of hydrogen-bond acceptors (Lipinski definition) is 4. The third kappa shape index (κ3) is 5.96. The molecule has 1 aliphatic carbocycles. The Bertz CT molecular complexity index is 896. The molecular formula is C25H30O4S. The zero-order valence-electron chi connectivity index (χ0n) is 17.6. The van der Waals surface area contributed by atoms with E-state index in [1.54, 1.807) is 31.7 Å². The van der Waals surface area contributed by atoms with Crippen molar-refractivity contribution in [3.8, 4) is 0 Å². The summed E-state index contributed by atoms with van der Waals surface area (Å²) in [7, 11) is 0. The van der Waals surface area contributed by atoms with Crippen molar-refractivity contribution in [2.75, 3.05) is 5.75 Å². The summed E-state index contributed by atoms with van der Waals surface area (Å²) in [6.45, 7) is 3.60. The third-order valence-electron chi connectivity index (χ3n) is 5.84. The number of hydrogen-bond donors (Lipinski definition) is 2. The topological polar surface area (TPSA) is 74.6 Å². The van der Waals surface area contributed by atoms with Crippen molar-refractivity contribution in [2.45, 2.75) is 56.8 Å². The molecule has 1 atom stereocenters. The molecule has 0 spiro atoms. The van der Waals surface area contributed by atoms with E-state index in [2.05, 4.69) is 6.07 Å². The fourth-order valence-corrected chi connectivity index (χ4v) is 5.52. The van der Waals surface area contributed by atoms with Crippen molar-refractivity contribution in [3.05, 3.63) is 70.8 Å². The van der Waals surface area contributed by atoms with E-state index in [9.17, 15) is 19.8 Å². The molecule has 5 heteroatoms. The maximum atomic E-state index is 11.3. The summed E-state index contributed by atoms with van der Waals surface area (Å²) < 4.78 is 0. The van der Waals surface area contributed by atoms with Gasteiger partial charge >= 0.3 is 5.97 Å². The largest absolute Gasteiger partial charge is 0.481 e. The number of aliphatic carboxylic acids is 1. The highest BCUT2D eigenvalue weighted by Gasteiger charge is 2.44. The Hall–Kier alpha value is -2.11. The average Bonchev–Trinajstić information content (AvgIpc) is 3.46. The van der Waals surface area contributed by atoms with E-state index < -0.39 is 11.6 Å². The van der Waals surface area contributed by atoms with Crippen LogP contribution in [0.1, 0.15) is 71.8 Å². The van der Waals surface area contributed by atoms with Gasteiger partial charge in [-0.25, -0.2) is 0 Å². The van der Waals surface area contributed by atoms with Gasteiger partial charge in [0.2, 0.25) is 0 Å². The van der Waals surface area contributed by atoms with Gasteiger partial charge in [0, 0.05) is 16.6 Å². The number of benzene rings is 2. The first-order valence-corrected chi connectivity index (χ1v) is 11.5. The maximum absolute atomic E-state index is 11.3. The van der Waals surface area contributed by atoms with Gasteiger partial charge in [-0.05, 0) is 67.7 Å². The monoisotopic (exact) mass is 426 g/mol. The summed E-state index contributed by atoms with van der Waals surface area (Å²) in [6, 6.07) is 15.6. The molecule has 0 bridgehead atoms. The molecule has 4 nitrogen and oxygen atoms in total. The SMILES string of the molecule is CC(C)(O)c1ccccc1CCC(SCC1(CC(=O)O)CC1)c1cccc(C=O)c1. The van der Waals surface area contributed by atoms with Gasteiger partial charge < -0.3 is 10.2 Å². The molecule has 0 aromatic heterocycles. The lowest BCUT2D eigenvalue weighted by atomic mass is 9.90. The third-order valence-corrected chi connectivity index (χ3v) is 7.53. The van der Waals surface area contributed by atoms with Crippen LogP contribution in [0, 0.1) is 5.41 Å². The first kappa shape index (κ1) is 22.6. The molecule has 0 aliphatic heterocycles. The molecule has 1 unspecified atom stereocenters. The fraction of sp³-hybridized carbons (Fsp3) is 0.440. The first-order valence-electron chi connectivity index (χ1n) is 10.4. The van der Waals surface area contributed by atoms with Gasteiger partial charge in [0.25, 0.3) is 0 Å². The van der Waals surface area contributed by atoms with Crippen LogP contribution < -0.4 is 0 Å². The highest BCUT2D eigenvalue weighted by molar-refractivity contribution is 7.99.